The topological polar surface area (TPSA) is 58.6 Å². The average Bonchev–Trinajstić information content (AvgIpc) is 3.20. The molecule has 1 unspecified atom stereocenters. The van der Waals surface area contributed by atoms with Crippen molar-refractivity contribution in [2.75, 3.05) is 32.8 Å². The number of piperidine rings is 2. The molecule has 6 heteroatoms. The number of rotatable bonds is 5. The van der Waals surface area contributed by atoms with E-state index in [1.54, 1.807) is 0 Å². The molecule has 1 aromatic rings. The van der Waals surface area contributed by atoms with Gasteiger partial charge in [-0.25, -0.2) is 9.97 Å². The maximum Gasteiger partial charge on any atom is 0.222 e. The van der Waals surface area contributed by atoms with Crippen LogP contribution in [0.4, 0.5) is 0 Å². The number of hydrogen-bond donors (Lipinski definition) is 0. The van der Waals surface area contributed by atoms with Crippen LogP contribution in [0.3, 0.4) is 0 Å². The molecule has 0 bridgehead atoms. The standard InChI is InChI=1S/C22H34N4O2/c1-17(2)21-23-12-18(13-24-21)14-25-9-7-22(8-10-25)6-5-20(27)26(16-22)15-19-4-3-11-28-19/h12-13,17,19H,3-11,14-16H2,1-2H3. The molecule has 3 aliphatic heterocycles. The smallest absolute Gasteiger partial charge is 0.222 e. The summed E-state index contributed by atoms with van der Waals surface area (Å²) in [4.78, 5) is 26.1. The first-order chi connectivity index (χ1) is 13.5. The van der Waals surface area contributed by atoms with Gasteiger partial charge < -0.3 is 9.64 Å². The summed E-state index contributed by atoms with van der Waals surface area (Å²) in [5.41, 5.74) is 1.50. The lowest BCUT2D eigenvalue weighted by Crippen LogP contribution is -2.52. The number of likely N-dealkylation sites (tertiary alicyclic amines) is 2. The fourth-order valence-corrected chi connectivity index (χ4v) is 4.90. The molecule has 0 radical (unpaired) electrons. The van der Waals surface area contributed by atoms with E-state index in [-0.39, 0.29) is 6.10 Å². The maximum absolute atomic E-state index is 12.4. The fraction of sp³-hybridized carbons (Fsp3) is 0.773. The minimum absolute atomic E-state index is 0.257. The van der Waals surface area contributed by atoms with E-state index in [2.05, 4.69) is 33.6 Å². The van der Waals surface area contributed by atoms with E-state index < -0.39 is 0 Å². The molecule has 4 heterocycles. The van der Waals surface area contributed by atoms with Crippen LogP contribution in [0.15, 0.2) is 12.4 Å². The van der Waals surface area contributed by atoms with Gasteiger partial charge in [0.1, 0.15) is 5.82 Å². The number of carbonyl (C=O) groups is 1. The van der Waals surface area contributed by atoms with Gasteiger partial charge in [0.25, 0.3) is 0 Å². The molecule has 28 heavy (non-hydrogen) atoms. The third-order valence-corrected chi connectivity index (χ3v) is 6.76. The van der Waals surface area contributed by atoms with Crippen molar-refractivity contribution in [1.82, 2.24) is 19.8 Å². The van der Waals surface area contributed by atoms with Crippen LogP contribution in [0.25, 0.3) is 0 Å². The molecule has 3 saturated heterocycles. The van der Waals surface area contributed by atoms with Crippen molar-refractivity contribution in [3.05, 3.63) is 23.8 Å². The van der Waals surface area contributed by atoms with Crippen molar-refractivity contribution in [3.8, 4) is 0 Å². The summed E-state index contributed by atoms with van der Waals surface area (Å²) in [6, 6.07) is 0. The Balaban J connectivity index is 1.30. The monoisotopic (exact) mass is 386 g/mol. The highest BCUT2D eigenvalue weighted by Gasteiger charge is 2.41. The summed E-state index contributed by atoms with van der Waals surface area (Å²) in [5, 5.41) is 0. The molecule has 0 aliphatic carbocycles. The van der Waals surface area contributed by atoms with Gasteiger partial charge in [0.2, 0.25) is 5.91 Å². The normalized spacial score (nSPS) is 25.8. The molecule has 0 saturated carbocycles. The summed E-state index contributed by atoms with van der Waals surface area (Å²) in [7, 11) is 0. The highest BCUT2D eigenvalue weighted by molar-refractivity contribution is 5.77. The van der Waals surface area contributed by atoms with Gasteiger partial charge in [-0.15, -0.1) is 0 Å². The highest BCUT2D eigenvalue weighted by atomic mass is 16.5. The van der Waals surface area contributed by atoms with E-state index in [1.165, 1.54) is 18.4 Å². The Morgan fingerprint density at radius 2 is 1.96 bits per heavy atom. The predicted molar refractivity (Wildman–Crippen MR) is 108 cm³/mol. The zero-order chi connectivity index (χ0) is 19.6. The van der Waals surface area contributed by atoms with Crippen LogP contribution < -0.4 is 0 Å². The Hall–Kier alpha value is -1.53. The minimum Gasteiger partial charge on any atom is -0.376 e. The van der Waals surface area contributed by atoms with Crippen LogP contribution in [0.2, 0.25) is 0 Å². The summed E-state index contributed by atoms with van der Waals surface area (Å²) in [6.07, 6.45) is 10.6. The zero-order valence-electron chi connectivity index (χ0n) is 17.4. The second-order valence-electron chi connectivity index (χ2n) is 9.29. The van der Waals surface area contributed by atoms with Crippen LogP contribution in [-0.4, -0.2) is 64.6 Å². The van der Waals surface area contributed by atoms with Gasteiger partial charge in [0.15, 0.2) is 0 Å². The van der Waals surface area contributed by atoms with Crippen molar-refractivity contribution in [2.24, 2.45) is 5.41 Å². The SMILES string of the molecule is CC(C)c1ncc(CN2CCC3(CCC(=O)N(CC4CCCO4)C3)CC2)cn1. The van der Waals surface area contributed by atoms with Crippen molar-refractivity contribution in [3.63, 3.8) is 0 Å². The lowest BCUT2D eigenvalue weighted by atomic mass is 9.72. The first-order valence-corrected chi connectivity index (χ1v) is 11.0. The van der Waals surface area contributed by atoms with E-state index in [1.807, 2.05) is 12.4 Å². The third-order valence-electron chi connectivity index (χ3n) is 6.76. The van der Waals surface area contributed by atoms with Crippen molar-refractivity contribution in [2.45, 2.75) is 70.9 Å². The summed E-state index contributed by atoms with van der Waals surface area (Å²) < 4.78 is 5.77. The van der Waals surface area contributed by atoms with E-state index in [0.29, 0.717) is 23.7 Å². The predicted octanol–water partition coefficient (Wildman–Crippen LogP) is 2.98. The van der Waals surface area contributed by atoms with Crippen molar-refractivity contribution >= 4 is 5.91 Å². The van der Waals surface area contributed by atoms with Crippen LogP contribution in [0.1, 0.15) is 69.7 Å². The Labute approximate surface area is 168 Å². The summed E-state index contributed by atoms with van der Waals surface area (Å²) in [6.45, 7) is 9.92. The average molecular weight is 387 g/mol. The quantitative estimate of drug-likeness (QED) is 0.779. The number of carbonyl (C=O) groups excluding carboxylic acids is 1. The molecule has 154 valence electrons. The van der Waals surface area contributed by atoms with Gasteiger partial charge in [-0.05, 0) is 50.6 Å². The second kappa shape index (κ2) is 8.46. The Bertz CT molecular complexity index is 662. The number of aromatic nitrogens is 2. The van der Waals surface area contributed by atoms with Crippen molar-refractivity contribution < 1.29 is 9.53 Å². The number of nitrogens with zero attached hydrogens (tertiary/aromatic N) is 4. The van der Waals surface area contributed by atoms with E-state index >= 15 is 0 Å². The molecule has 1 aromatic heterocycles. The number of ether oxygens (including phenoxy) is 1. The maximum atomic E-state index is 12.4. The Morgan fingerprint density at radius 3 is 2.61 bits per heavy atom. The van der Waals surface area contributed by atoms with E-state index in [4.69, 9.17) is 4.74 Å². The van der Waals surface area contributed by atoms with Crippen LogP contribution in [0, 0.1) is 5.41 Å². The lowest BCUT2D eigenvalue weighted by molar-refractivity contribution is -0.141. The molecule has 1 amide bonds. The van der Waals surface area contributed by atoms with Gasteiger partial charge >= 0.3 is 0 Å². The number of hydrogen-bond acceptors (Lipinski definition) is 5. The van der Waals surface area contributed by atoms with Gasteiger partial charge in [-0.2, -0.15) is 0 Å². The molecule has 1 spiro atoms. The minimum atomic E-state index is 0.257. The molecular weight excluding hydrogens is 352 g/mol. The molecule has 3 aliphatic rings. The molecule has 1 atom stereocenters. The van der Waals surface area contributed by atoms with Crippen LogP contribution >= 0.6 is 0 Å². The van der Waals surface area contributed by atoms with E-state index in [0.717, 1.165) is 64.4 Å². The Morgan fingerprint density at radius 1 is 1.21 bits per heavy atom. The molecule has 3 fully saturated rings. The van der Waals surface area contributed by atoms with Crippen LogP contribution in [-0.2, 0) is 16.1 Å². The second-order valence-corrected chi connectivity index (χ2v) is 9.29. The van der Waals surface area contributed by atoms with Gasteiger partial charge in [-0.3, -0.25) is 9.69 Å². The first-order valence-electron chi connectivity index (χ1n) is 11.0. The first kappa shape index (κ1) is 19.8. The highest BCUT2D eigenvalue weighted by Crippen LogP contribution is 2.40. The molecule has 0 aromatic carbocycles. The number of amides is 1. The molecule has 6 nitrogen and oxygen atoms in total. The fourth-order valence-electron chi connectivity index (χ4n) is 4.90. The van der Waals surface area contributed by atoms with Crippen LogP contribution in [0.5, 0.6) is 0 Å². The Kier molecular flexibility index (Phi) is 5.97. The molecule has 4 rings (SSSR count). The summed E-state index contributed by atoms with van der Waals surface area (Å²) in [5.74, 6) is 1.61. The summed E-state index contributed by atoms with van der Waals surface area (Å²) >= 11 is 0. The lowest BCUT2D eigenvalue weighted by Gasteiger charge is -2.47. The van der Waals surface area contributed by atoms with Gasteiger partial charge in [-0.1, -0.05) is 13.8 Å². The van der Waals surface area contributed by atoms with Gasteiger partial charge in [0, 0.05) is 56.5 Å². The largest absolute Gasteiger partial charge is 0.376 e. The third kappa shape index (κ3) is 4.54. The molecule has 0 N–H and O–H groups in total. The molecular formula is C22H34N4O2. The van der Waals surface area contributed by atoms with E-state index in [9.17, 15) is 4.79 Å². The van der Waals surface area contributed by atoms with Crippen molar-refractivity contribution in [1.29, 1.82) is 0 Å². The zero-order valence-corrected chi connectivity index (χ0v) is 17.4. The van der Waals surface area contributed by atoms with Gasteiger partial charge in [0.05, 0.1) is 6.10 Å².